The molecule has 0 aliphatic heterocycles. The van der Waals surface area contributed by atoms with Gasteiger partial charge in [0.25, 0.3) is 0 Å². The van der Waals surface area contributed by atoms with Gasteiger partial charge in [0.05, 0.1) is 7.11 Å². The lowest BCUT2D eigenvalue weighted by Crippen LogP contribution is -2.20. The van der Waals surface area contributed by atoms with E-state index in [1.807, 2.05) is 18.2 Å². The van der Waals surface area contributed by atoms with Crippen LogP contribution < -0.4 is 4.74 Å². The van der Waals surface area contributed by atoms with Crippen molar-refractivity contribution >= 4 is 11.0 Å². The standard InChI is InChI=1S/C14H19NO2/c1-4-15(2)8-7-13-9-11-5-6-12(16-3)10-14(11)17-13/h5-6,9-10H,4,7-8H2,1-3H3. The van der Waals surface area contributed by atoms with E-state index in [4.69, 9.17) is 9.15 Å². The minimum atomic E-state index is 0.837. The first-order valence-corrected chi connectivity index (χ1v) is 5.98. The molecule has 3 heteroatoms. The molecule has 0 N–H and O–H groups in total. The molecular formula is C14H19NO2. The lowest BCUT2D eigenvalue weighted by atomic mass is 10.2. The van der Waals surface area contributed by atoms with E-state index in [9.17, 15) is 0 Å². The molecule has 0 aliphatic rings. The van der Waals surface area contributed by atoms with Crippen molar-refractivity contribution in [3.8, 4) is 5.75 Å². The fourth-order valence-electron chi connectivity index (χ4n) is 1.78. The Hall–Kier alpha value is -1.48. The molecule has 0 unspecified atom stereocenters. The number of fused-ring (bicyclic) bond motifs is 1. The van der Waals surface area contributed by atoms with Crippen molar-refractivity contribution in [2.75, 3.05) is 27.2 Å². The first kappa shape index (κ1) is 12.0. The summed E-state index contributed by atoms with van der Waals surface area (Å²) in [5.74, 6) is 1.87. The van der Waals surface area contributed by atoms with E-state index >= 15 is 0 Å². The van der Waals surface area contributed by atoms with E-state index in [0.29, 0.717) is 0 Å². The third-order valence-corrected chi connectivity index (χ3v) is 3.06. The molecule has 0 radical (unpaired) electrons. The molecule has 92 valence electrons. The topological polar surface area (TPSA) is 25.6 Å². The van der Waals surface area contributed by atoms with Crippen molar-refractivity contribution in [2.45, 2.75) is 13.3 Å². The Morgan fingerprint density at radius 1 is 1.29 bits per heavy atom. The van der Waals surface area contributed by atoms with E-state index in [1.165, 1.54) is 0 Å². The number of likely N-dealkylation sites (N-methyl/N-ethyl adjacent to an activating group) is 1. The Balaban J connectivity index is 2.14. The van der Waals surface area contributed by atoms with Gasteiger partial charge in [0.2, 0.25) is 0 Å². The van der Waals surface area contributed by atoms with Crippen molar-refractivity contribution in [1.29, 1.82) is 0 Å². The molecule has 0 aliphatic carbocycles. The highest BCUT2D eigenvalue weighted by Gasteiger charge is 2.05. The summed E-state index contributed by atoms with van der Waals surface area (Å²) in [5.41, 5.74) is 0.901. The smallest absolute Gasteiger partial charge is 0.137 e. The Labute approximate surface area is 102 Å². The van der Waals surface area contributed by atoms with Crippen LogP contribution in [0, 0.1) is 0 Å². The van der Waals surface area contributed by atoms with Gasteiger partial charge in [-0.25, -0.2) is 0 Å². The average molecular weight is 233 g/mol. The van der Waals surface area contributed by atoms with E-state index in [0.717, 1.165) is 42.0 Å². The maximum Gasteiger partial charge on any atom is 0.137 e. The highest BCUT2D eigenvalue weighted by Crippen LogP contribution is 2.24. The third-order valence-electron chi connectivity index (χ3n) is 3.06. The normalized spacial score (nSPS) is 11.3. The summed E-state index contributed by atoms with van der Waals surface area (Å²) in [6.07, 6.45) is 0.946. The second-order valence-electron chi connectivity index (χ2n) is 4.26. The molecule has 0 atom stereocenters. The van der Waals surface area contributed by atoms with Gasteiger partial charge in [-0.3, -0.25) is 0 Å². The molecule has 1 heterocycles. The molecule has 2 aromatic rings. The van der Waals surface area contributed by atoms with Gasteiger partial charge in [-0.2, -0.15) is 0 Å². The number of hydrogen-bond donors (Lipinski definition) is 0. The zero-order valence-corrected chi connectivity index (χ0v) is 10.7. The molecule has 0 fully saturated rings. The molecule has 3 nitrogen and oxygen atoms in total. The van der Waals surface area contributed by atoms with Crippen LogP contribution in [-0.2, 0) is 6.42 Å². The van der Waals surface area contributed by atoms with Crippen LogP contribution in [0.4, 0.5) is 0 Å². The highest BCUT2D eigenvalue weighted by molar-refractivity contribution is 5.79. The van der Waals surface area contributed by atoms with E-state index in [1.54, 1.807) is 7.11 Å². The molecule has 1 aromatic heterocycles. The predicted octanol–water partition coefficient (Wildman–Crippen LogP) is 2.94. The monoisotopic (exact) mass is 233 g/mol. The van der Waals surface area contributed by atoms with E-state index in [2.05, 4.69) is 24.9 Å². The Morgan fingerprint density at radius 2 is 2.12 bits per heavy atom. The van der Waals surface area contributed by atoms with E-state index in [-0.39, 0.29) is 0 Å². The maximum atomic E-state index is 5.80. The summed E-state index contributed by atoms with van der Waals surface area (Å²) >= 11 is 0. The fraction of sp³-hybridized carbons (Fsp3) is 0.429. The van der Waals surface area contributed by atoms with Crippen molar-refractivity contribution < 1.29 is 9.15 Å². The summed E-state index contributed by atoms with van der Waals surface area (Å²) in [7, 11) is 3.78. The Kier molecular flexibility index (Phi) is 3.69. The Bertz CT molecular complexity index is 490. The van der Waals surface area contributed by atoms with Gasteiger partial charge in [-0.05, 0) is 31.8 Å². The van der Waals surface area contributed by atoms with Gasteiger partial charge >= 0.3 is 0 Å². The fourth-order valence-corrected chi connectivity index (χ4v) is 1.78. The zero-order valence-electron chi connectivity index (χ0n) is 10.7. The van der Waals surface area contributed by atoms with Crippen LogP contribution in [0.25, 0.3) is 11.0 Å². The quantitative estimate of drug-likeness (QED) is 0.794. The van der Waals surface area contributed by atoms with Crippen molar-refractivity contribution in [3.63, 3.8) is 0 Å². The van der Waals surface area contributed by atoms with Crippen LogP contribution in [0.15, 0.2) is 28.7 Å². The molecule has 0 spiro atoms. The predicted molar refractivity (Wildman–Crippen MR) is 69.6 cm³/mol. The van der Waals surface area contributed by atoms with Gasteiger partial charge in [0.15, 0.2) is 0 Å². The van der Waals surface area contributed by atoms with Crippen LogP contribution in [0.5, 0.6) is 5.75 Å². The van der Waals surface area contributed by atoms with Crippen LogP contribution in [0.2, 0.25) is 0 Å². The van der Waals surface area contributed by atoms with Gasteiger partial charge in [0, 0.05) is 24.4 Å². The minimum absolute atomic E-state index is 0.837. The first-order valence-electron chi connectivity index (χ1n) is 5.98. The van der Waals surface area contributed by atoms with Crippen LogP contribution in [0.3, 0.4) is 0 Å². The van der Waals surface area contributed by atoms with Crippen LogP contribution >= 0.6 is 0 Å². The lowest BCUT2D eigenvalue weighted by Gasteiger charge is -2.11. The van der Waals surface area contributed by atoms with Gasteiger partial charge in [-0.1, -0.05) is 6.92 Å². The number of benzene rings is 1. The largest absolute Gasteiger partial charge is 0.497 e. The van der Waals surface area contributed by atoms with Gasteiger partial charge in [-0.15, -0.1) is 0 Å². The molecular weight excluding hydrogens is 214 g/mol. The summed E-state index contributed by atoms with van der Waals surface area (Å²) in [6.45, 7) is 4.24. The third kappa shape index (κ3) is 2.80. The second-order valence-corrected chi connectivity index (χ2v) is 4.26. The number of furan rings is 1. The first-order chi connectivity index (χ1) is 8.22. The lowest BCUT2D eigenvalue weighted by molar-refractivity contribution is 0.346. The Morgan fingerprint density at radius 3 is 2.82 bits per heavy atom. The van der Waals surface area contributed by atoms with Crippen molar-refractivity contribution in [3.05, 3.63) is 30.0 Å². The van der Waals surface area contributed by atoms with Gasteiger partial charge in [0.1, 0.15) is 17.1 Å². The summed E-state index contributed by atoms with van der Waals surface area (Å²) in [4.78, 5) is 2.27. The SMILES string of the molecule is CCN(C)CCc1cc2ccc(OC)cc2o1. The van der Waals surface area contributed by atoms with Crippen molar-refractivity contribution in [2.24, 2.45) is 0 Å². The van der Waals surface area contributed by atoms with E-state index < -0.39 is 0 Å². The van der Waals surface area contributed by atoms with Crippen molar-refractivity contribution in [1.82, 2.24) is 4.90 Å². The molecule has 2 rings (SSSR count). The maximum absolute atomic E-state index is 5.80. The number of rotatable bonds is 5. The number of ether oxygens (including phenoxy) is 1. The molecule has 0 bridgehead atoms. The second kappa shape index (κ2) is 5.23. The molecule has 0 saturated heterocycles. The zero-order chi connectivity index (χ0) is 12.3. The number of nitrogens with zero attached hydrogens (tertiary/aromatic N) is 1. The van der Waals surface area contributed by atoms with Crippen LogP contribution in [0.1, 0.15) is 12.7 Å². The summed E-state index contributed by atoms with van der Waals surface area (Å²) < 4.78 is 11.0. The summed E-state index contributed by atoms with van der Waals surface area (Å²) in [5, 5.41) is 1.14. The molecule has 1 aromatic carbocycles. The molecule has 0 saturated carbocycles. The summed E-state index contributed by atoms with van der Waals surface area (Å²) in [6, 6.07) is 8.03. The van der Waals surface area contributed by atoms with Crippen LogP contribution in [-0.4, -0.2) is 32.1 Å². The average Bonchev–Trinajstić information content (AvgIpc) is 2.77. The minimum Gasteiger partial charge on any atom is -0.497 e. The number of methoxy groups -OCH3 is 1. The highest BCUT2D eigenvalue weighted by atomic mass is 16.5. The molecule has 0 amide bonds. The van der Waals surface area contributed by atoms with Gasteiger partial charge < -0.3 is 14.1 Å². The molecule has 17 heavy (non-hydrogen) atoms. The number of hydrogen-bond acceptors (Lipinski definition) is 3.